The quantitative estimate of drug-likeness (QED) is 0.712. The molecule has 0 saturated carbocycles. The van der Waals surface area contributed by atoms with Crippen molar-refractivity contribution in [2.75, 3.05) is 0 Å². The standard InChI is InChI=1S/C10H4F2N2O/c11-7-1-2-8(12)9-6(7)3-5(4-13)10(15)14-9/h1-3H,(H,14,15). The van der Waals surface area contributed by atoms with Crippen LogP contribution >= 0.6 is 0 Å². The normalized spacial score (nSPS) is 10.2. The van der Waals surface area contributed by atoms with E-state index in [9.17, 15) is 13.6 Å². The van der Waals surface area contributed by atoms with Gasteiger partial charge in [-0.3, -0.25) is 4.79 Å². The molecule has 3 nitrogen and oxygen atoms in total. The van der Waals surface area contributed by atoms with Crippen molar-refractivity contribution in [3.63, 3.8) is 0 Å². The second kappa shape index (κ2) is 3.17. The van der Waals surface area contributed by atoms with E-state index < -0.39 is 17.2 Å². The summed E-state index contributed by atoms with van der Waals surface area (Å²) in [4.78, 5) is 13.3. The van der Waals surface area contributed by atoms with E-state index in [0.29, 0.717) is 0 Å². The van der Waals surface area contributed by atoms with Crippen LogP contribution in [0.25, 0.3) is 10.9 Å². The minimum atomic E-state index is -0.729. The molecule has 1 aromatic carbocycles. The summed E-state index contributed by atoms with van der Waals surface area (Å²) in [5.41, 5.74) is -1.19. The highest BCUT2D eigenvalue weighted by molar-refractivity contribution is 5.80. The van der Waals surface area contributed by atoms with Crippen molar-refractivity contribution in [1.82, 2.24) is 4.98 Å². The molecule has 2 rings (SSSR count). The molecule has 0 amide bonds. The van der Waals surface area contributed by atoms with Crippen molar-refractivity contribution in [2.45, 2.75) is 0 Å². The van der Waals surface area contributed by atoms with Crippen molar-refractivity contribution >= 4 is 10.9 Å². The molecule has 1 heterocycles. The Labute approximate surface area is 82.6 Å². The third-order valence-corrected chi connectivity index (χ3v) is 2.03. The highest BCUT2D eigenvalue weighted by atomic mass is 19.1. The van der Waals surface area contributed by atoms with E-state index in [0.717, 1.165) is 18.2 Å². The highest BCUT2D eigenvalue weighted by Gasteiger charge is 2.09. The largest absolute Gasteiger partial charge is 0.318 e. The smallest absolute Gasteiger partial charge is 0.266 e. The Balaban J connectivity index is 3.01. The second-order valence-corrected chi connectivity index (χ2v) is 2.94. The van der Waals surface area contributed by atoms with Gasteiger partial charge in [-0.2, -0.15) is 5.26 Å². The maximum Gasteiger partial charge on any atom is 0.266 e. The van der Waals surface area contributed by atoms with Gasteiger partial charge in [0.25, 0.3) is 5.56 Å². The SMILES string of the molecule is N#Cc1cc2c(F)ccc(F)c2[nH]c1=O. The van der Waals surface area contributed by atoms with Crippen LogP contribution in [-0.4, -0.2) is 4.98 Å². The predicted molar refractivity (Wildman–Crippen MR) is 49.2 cm³/mol. The number of hydrogen-bond acceptors (Lipinski definition) is 2. The lowest BCUT2D eigenvalue weighted by atomic mass is 10.1. The van der Waals surface area contributed by atoms with Gasteiger partial charge in [0.2, 0.25) is 0 Å². The highest BCUT2D eigenvalue weighted by Crippen LogP contribution is 2.18. The third-order valence-electron chi connectivity index (χ3n) is 2.03. The summed E-state index contributed by atoms with van der Waals surface area (Å²) < 4.78 is 26.4. The van der Waals surface area contributed by atoms with E-state index in [1.54, 1.807) is 6.07 Å². The van der Waals surface area contributed by atoms with E-state index in [-0.39, 0.29) is 16.5 Å². The van der Waals surface area contributed by atoms with Crippen molar-refractivity contribution < 1.29 is 8.78 Å². The zero-order valence-corrected chi connectivity index (χ0v) is 7.34. The molecule has 2 aromatic rings. The van der Waals surface area contributed by atoms with Crippen LogP contribution in [0.1, 0.15) is 5.56 Å². The van der Waals surface area contributed by atoms with Crippen molar-refractivity contribution in [3.05, 3.63) is 45.8 Å². The van der Waals surface area contributed by atoms with E-state index in [4.69, 9.17) is 5.26 Å². The zero-order chi connectivity index (χ0) is 11.0. The molecule has 0 bridgehead atoms. The minimum Gasteiger partial charge on any atom is -0.318 e. The van der Waals surface area contributed by atoms with Crippen LogP contribution in [0.15, 0.2) is 23.0 Å². The lowest BCUT2D eigenvalue weighted by Gasteiger charge is -2.00. The first-order valence-corrected chi connectivity index (χ1v) is 4.04. The fourth-order valence-corrected chi connectivity index (χ4v) is 1.31. The van der Waals surface area contributed by atoms with Gasteiger partial charge in [-0.05, 0) is 18.2 Å². The van der Waals surface area contributed by atoms with Gasteiger partial charge < -0.3 is 4.98 Å². The Morgan fingerprint density at radius 3 is 2.60 bits per heavy atom. The van der Waals surface area contributed by atoms with Gasteiger partial charge >= 0.3 is 0 Å². The summed E-state index contributed by atoms with van der Waals surface area (Å²) >= 11 is 0. The number of nitriles is 1. The van der Waals surface area contributed by atoms with Crippen LogP contribution in [0, 0.1) is 23.0 Å². The Hall–Kier alpha value is -2.22. The molecule has 0 aliphatic heterocycles. The molecule has 1 aromatic heterocycles. The maximum absolute atomic E-state index is 13.2. The van der Waals surface area contributed by atoms with Crippen LogP contribution in [0.3, 0.4) is 0 Å². The molecule has 0 atom stereocenters. The summed E-state index contributed by atoms with van der Waals surface area (Å²) in [6.07, 6.45) is 0. The van der Waals surface area contributed by atoms with Crippen LogP contribution in [0.5, 0.6) is 0 Å². The summed E-state index contributed by atoms with van der Waals surface area (Å²) in [7, 11) is 0. The molecular formula is C10H4F2N2O. The molecule has 0 spiro atoms. The van der Waals surface area contributed by atoms with Crippen LogP contribution in [0.4, 0.5) is 8.78 Å². The maximum atomic E-state index is 13.2. The fourth-order valence-electron chi connectivity index (χ4n) is 1.31. The number of fused-ring (bicyclic) bond motifs is 1. The first-order chi connectivity index (χ1) is 7.13. The molecule has 1 N–H and O–H groups in total. The average molecular weight is 206 g/mol. The molecule has 74 valence electrons. The van der Waals surface area contributed by atoms with Gasteiger partial charge in [0.1, 0.15) is 23.3 Å². The molecule has 0 saturated heterocycles. The Morgan fingerprint density at radius 2 is 1.93 bits per heavy atom. The van der Waals surface area contributed by atoms with Crippen molar-refractivity contribution in [3.8, 4) is 6.07 Å². The predicted octanol–water partition coefficient (Wildman–Crippen LogP) is 1.68. The number of nitrogens with zero attached hydrogens (tertiary/aromatic N) is 1. The second-order valence-electron chi connectivity index (χ2n) is 2.94. The van der Waals surface area contributed by atoms with Gasteiger partial charge in [0.15, 0.2) is 0 Å². The van der Waals surface area contributed by atoms with Crippen LogP contribution in [0.2, 0.25) is 0 Å². The van der Waals surface area contributed by atoms with E-state index >= 15 is 0 Å². The summed E-state index contributed by atoms with van der Waals surface area (Å²) in [6.45, 7) is 0. The summed E-state index contributed by atoms with van der Waals surface area (Å²) in [5, 5.41) is 8.45. The summed E-state index contributed by atoms with van der Waals surface area (Å²) in [6, 6.07) is 4.49. The molecule has 15 heavy (non-hydrogen) atoms. The number of hydrogen-bond donors (Lipinski definition) is 1. The van der Waals surface area contributed by atoms with Gasteiger partial charge in [-0.15, -0.1) is 0 Å². The lowest BCUT2D eigenvalue weighted by Crippen LogP contribution is -2.10. The first kappa shape index (κ1) is 9.34. The third kappa shape index (κ3) is 1.36. The van der Waals surface area contributed by atoms with Crippen molar-refractivity contribution in [1.29, 1.82) is 5.26 Å². The molecular weight excluding hydrogens is 202 g/mol. The number of aromatic amines is 1. The number of halogens is 2. The van der Waals surface area contributed by atoms with E-state index in [1.165, 1.54) is 0 Å². The zero-order valence-electron chi connectivity index (χ0n) is 7.34. The topological polar surface area (TPSA) is 56.6 Å². The lowest BCUT2D eigenvalue weighted by molar-refractivity contribution is 0.615. The minimum absolute atomic E-state index is 0.105. The molecule has 0 aliphatic carbocycles. The Bertz CT molecular complexity index is 640. The number of rotatable bonds is 0. The monoisotopic (exact) mass is 206 g/mol. The number of aromatic nitrogens is 1. The van der Waals surface area contributed by atoms with Crippen LogP contribution in [-0.2, 0) is 0 Å². The van der Waals surface area contributed by atoms with Gasteiger partial charge in [0.05, 0.1) is 5.52 Å². The Kier molecular flexibility index (Phi) is 1.97. The fraction of sp³-hybridized carbons (Fsp3) is 0. The van der Waals surface area contributed by atoms with Gasteiger partial charge in [0, 0.05) is 5.39 Å². The summed E-state index contributed by atoms with van der Waals surface area (Å²) in [5.74, 6) is -1.41. The Morgan fingerprint density at radius 1 is 1.27 bits per heavy atom. The molecule has 5 heteroatoms. The molecule has 0 radical (unpaired) electrons. The van der Waals surface area contributed by atoms with E-state index in [2.05, 4.69) is 4.98 Å². The average Bonchev–Trinajstić information content (AvgIpc) is 2.23. The van der Waals surface area contributed by atoms with Crippen LogP contribution < -0.4 is 5.56 Å². The van der Waals surface area contributed by atoms with E-state index in [1.807, 2.05) is 0 Å². The van der Waals surface area contributed by atoms with Crippen molar-refractivity contribution in [2.24, 2.45) is 0 Å². The van der Waals surface area contributed by atoms with Gasteiger partial charge in [-0.25, -0.2) is 8.78 Å². The first-order valence-electron chi connectivity index (χ1n) is 4.04. The molecule has 0 unspecified atom stereocenters. The number of H-pyrrole nitrogens is 1. The molecule has 0 fully saturated rings. The number of benzene rings is 1. The van der Waals surface area contributed by atoms with Gasteiger partial charge in [-0.1, -0.05) is 0 Å². The molecule has 0 aliphatic rings. The number of nitrogens with one attached hydrogen (secondary N) is 1. The number of pyridine rings is 1.